The van der Waals surface area contributed by atoms with E-state index in [1.54, 1.807) is 44.2 Å². The van der Waals surface area contributed by atoms with E-state index in [1.807, 2.05) is 0 Å². The van der Waals surface area contributed by atoms with Crippen LogP contribution in [0.3, 0.4) is 0 Å². The molecule has 1 aromatic heterocycles. The molecule has 0 atom stereocenters. The lowest BCUT2D eigenvalue weighted by molar-refractivity contribution is 0.0505. The molecule has 0 saturated heterocycles. The largest absolute Gasteiger partial charge is 0.461 e. The molecule has 7 nitrogen and oxygen atoms in total. The fourth-order valence-electron chi connectivity index (χ4n) is 2.06. The number of hydrogen-bond donors (Lipinski definition) is 0. The first kappa shape index (κ1) is 17.4. The van der Waals surface area contributed by atoms with Gasteiger partial charge in [-0.15, -0.1) is 0 Å². The first-order valence-corrected chi connectivity index (χ1v) is 7.57. The van der Waals surface area contributed by atoms with Crippen LogP contribution in [0.4, 0.5) is 0 Å². The molecule has 0 radical (unpaired) electrons. The summed E-state index contributed by atoms with van der Waals surface area (Å²) in [5, 5.41) is 4.02. The summed E-state index contributed by atoms with van der Waals surface area (Å²) in [7, 11) is 0. The quantitative estimate of drug-likeness (QED) is 0.571. The van der Waals surface area contributed by atoms with Gasteiger partial charge in [-0.1, -0.05) is 30.3 Å². The van der Waals surface area contributed by atoms with Crippen molar-refractivity contribution in [2.45, 2.75) is 20.4 Å². The standard InChI is InChI=1S/C17H18N2O5/c1-3-23-16(21)13-10-14(17(22)24-4-2)19(18-13)11-15(20)12-8-6-5-7-9-12/h5-10H,3-4,11H2,1-2H3. The number of rotatable bonds is 7. The SMILES string of the molecule is CCOC(=O)c1cc(C(=O)OCC)n(CC(=O)c2ccccc2)n1. The third-order valence-electron chi connectivity index (χ3n) is 3.14. The number of benzene rings is 1. The maximum atomic E-state index is 12.3. The van der Waals surface area contributed by atoms with Crippen molar-refractivity contribution in [2.24, 2.45) is 0 Å². The fraction of sp³-hybridized carbons (Fsp3) is 0.294. The van der Waals surface area contributed by atoms with E-state index in [9.17, 15) is 14.4 Å². The predicted octanol–water partition coefficient (Wildman–Crippen LogP) is 2.12. The van der Waals surface area contributed by atoms with Gasteiger partial charge < -0.3 is 9.47 Å². The van der Waals surface area contributed by atoms with Crippen LogP contribution in [0.15, 0.2) is 36.4 Å². The van der Waals surface area contributed by atoms with Crippen LogP contribution in [0.2, 0.25) is 0 Å². The minimum Gasteiger partial charge on any atom is -0.461 e. The highest BCUT2D eigenvalue weighted by Gasteiger charge is 2.22. The molecule has 0 aliphatic rings. The van der Waals surface area contributed by atoms with Gasteiger partial charge in [-0.3, -0.25) is 4.79 Å². The number of carbonyl (C=O) groups excluding carboxylic acids is 3. The summed E-state index contributed by atoms with van der Waals surface area (Å²) in [6, 6.07) is 9.89. The maximum absolute atomic E-state index is 12.3. The van der Waals surface area contributed by atoms with Gasteiger partial charge in [0.2, 0.25) is 0 Å². The van der Waals surface area contributed by atoms with Gasteiger partial charge in [0.25, 0.3) is 0 Å². The van der Waals surface area contributed by atoms with E-state index in [2.05, 4.69) is 5.10 Å². The molecule has 0 amide bonds. The van der Waals surface area contributed by atoms with Crippen molar-refractivity contribution in [3.05, 3.63) is 53.3 Å². The summed E-state index contributed by atoms with van der Waals surface area (Å²) in [6.07, 6.45) is 0. The second-order valence-corrected chi connectivity index (χ2v) is 4.80. The minimum absolute atomic E-state index is 0.0317. The Morgan fingerprint density at radius 2 is 1.62 bits per heavy atom. The second-order valence-electron chi connectivity index (χ2n) is 4.80. The van der Waals surface area contributed by atoms with Crippen LogP contribution in [-0.2, 0) is 16.0 Å². The van der Waals surface area contributed by atoms with E-state index in [0.29, 0.717) is 5.56 Å². The van der Waals surface area contributed by atoms with Crippen LogP contribution in [0.1, 0.15) is 45.2 Å². The third kappa shape index (κ3) is 4.07. The number of aromatic nitrogens is 2. The molecule has 126 valence electrons. The number of ether oxygens (including phenoxy) is 2. The number of ketones is 1. The zero-order valence-corrected chi connectivity index (χ0v) is 13.5. The third-order valence-corrected chi connectivity index (χ3v) is 3.14. The summed E-state index contributed by atoms with van der Waals surface area (Å²) in [5.74, 6) is -1.55. The van der Waals surface area contributed by atoms with E-state index in [0.717, 1.165) is 0 Å². The Balaban J connectivity index is 2.30. The van der Waals surface area contributed by atoms with Gasteiger partial charge >= 0.3 is 11.9 Å². The summed E-state index contributed by atoms with van der Waals surface area (Å²) < 4.78 is 11.0. The van der Waals surface area contributed by atoms with Gasteiger partial charge in [0, 0.05) is 11.6 Å². The van der Waals surface area contributed by atoms with Crippen molar-refractivity contribution >= 4 is 17.7 Å². The van der Waals surface area contributed by atoms with E-state index in [4.69, 9.17) is 9.47 Å². The summed E-state index contributed by atoms with van der Waals surface area (Å²) >= 11 is 0. The lowest BCUT2D eigenvalue weighted by Gasteiger charge is -2.06. The highest BCUT2D eigenvalue weighted by atomic mass is 16.5. The zero-order chi connectivity index (χ0) is 17.5. The van der Waals surface area contributed by atoms with Crippen molar-refractivity contribution in [3.8, 4) is 0 Å². The van der Waals surface area contributed by atoms with Crippen molar-refractivity contribution < 1.29 is 23.9 Å². The molecule has 0 spiro atoms. The number of Topliss-reactive ketones (excluding diaryl/α,β-unsaturated/α-hetero) is 1. The number of nitrogens with zero attached hydrogens (tertiary/aromatic N) is 2. The second kappa shape index (κ2) is 8.05. The Morgan fingerprint density at radius 3 is 2.25 bits per heavy atom. The van der Waals surface area contributed by atoms with E-state index in [1.165, 1.54) is 10.7 Å². The summed E-state index contributed by atoms with van der Waals surface area (Å²) in [5.41, 5.74) is 0.477. The van der Waals surface area contributed by atoms with Crippen molar-refractivity contribution in [1.29, 1.82) is 0 Å². The molecule has 24 heavy (non-hydrogen) atoms. The Kier molecular flexibility index (Phi) is 5.83. The highest BCUT2D eigenvalue weighted by Crippen LogP contribution is 2.10. The molecule has 7 heteroatoms. The van der Waals surface area contributed by atoms with Crippen LogP contribution in [0.25, 0.3) is 0 Å². The van der Waals surface area contributed by atoms with Crippen LogP contribution >= 0.6 is 0 Å². The van der Waals surface area contributed by atoms with Crippen LogP contribution < -0.4 is 0 Å². The average molecular weight is 330 g/mol. The molecular weight excluding hydrogens is 312 g/mol. The molecule has 0 N–H and O–H groups in total. The molecular formula is C17H18N2O5. The molecule has 0 saturated carbocycles. The minimum atomic E-state index is -0.658. The summed E-state index contributed by atoms with van der Waals surface area (Å²) in [6.45, 7) is 3.51. The number of hydrogen-bond acceptors (Lipinski definition) is 6. The van der Waals surface area contributed by atoms with Crippen LogP contribution in [0.5, 0.6) is 0 Å². The molecule has 0 unspecified atom stereocenters. The topological polar surface area (TPSA) is 87.5 Å². The first-order valence-electron chi connectivity index (χ1n) is 7.57. The number of carbonyl (C=O) groups is 3. The lowest BCUT2D eigenvalue weighted by Crippen LogP contribution is -2.18. The van der Waals surface area contributed by atoms with Gasteiger partial charge in [-0.2, -0.15) is 5.10 Å². The first-order chi connectivity index (χ1) is 11.6. The number of esters is 2. The fourth-order valence-corrected chi connectivity index (χ4v) is 2.06. The average Bonchev–Trinajstić information content (AvgIpc) is 3.00. The van der Waals surface area contributed by atoms with Gasteiger partial charge in [-0.25, -0.2) is 14.3 Å². The molecule has 0 aliphatic heterocycles. The molecule has 0 fully saturated rings. The lowest BCUT2D eigenvalue weighted by atomic mass is 10.1. The van der Waals surface area contributed by atoms with E-state index < -0.39 is 11.9 Å². The zero-order valence-electron chi connectivity index (χ0n) is 13.5. The van der Waals surface area contributed by atoms with Crippen molar-refractivity contribution in [3.63, 3.8) is 0 Å². The van der Waals surface area contributed by atoms with E-state index >= 15 is 0 Å². The Morgan fingerprint density at radius 1 is 1.00 bits per heavy atom. The highest BCUT2D eigenvalue weighted by molar-refractivity contribution is 5.97. The van der Waals surface area contributed by atoms with Crippen LogP contribution in [-0.4, -0.2) is 40.7 Å². The van der Waals surface area contributed by atoms with Gasteiger partial charge in [0.05, 0.1) is 13.2 Å². The van der Waals surface area contributed by atoms with Gasteiger partial charge in [-0.05, 0) is 13.8 Å². The van der Waals surface area contributed by atoms with Crippen molar-refractivity contribution in [2.75, 3.05) is 13.2 Å². The molecule has 2 aromatic rings. The molecule has 0 aliphatic carbocycles. The Labute approximate surface area is 139 Å². The monoisotopic (exact) mass is 330 g/mol. The van der Waals surface area contributed by atoms with Gasteiger partial charge in [0.15, 0.2) is 11.5 Å². The molecule has 0 bridgehead atoms. The smallest absolute Gasteiger partial charge is 0.358 e. The Hall–Kier alpha value is -2.96. The van der Waals surface area contributed by atoms with E-state index in [-0.39, 0.29) is 36.9 Å². The van der Waals surface area contributed by atoms with Crippen molar-refractivity contribution in [1.82, 2.24) is 9.78 Å². The normalized spacial score (nSPS) is 10.2. The maximum Gasteiger partial charge on any atom is 0.358 e. The van der Waals surface area contributed by atoms with Crippen LogP contribution in [0, 0.1) is 0 Å². The molecule has 1 aromatic carbocycles. The van der Waals surface area contributed by atoms with Gasteiger partial charge in [0.1, 0.15) is 12.2 Å². The molecule has 1 heterocycles. The summed E-state index contributed by atoms with van der Waals surface area (Å²) in [4.78, 5) is 36.2. The Bertz CT molecular complexity index is 737. The predicted molar refractivity (Wildman–Crippen MR) is 84.9 cm³/mol. The molecule has 2 rings (SSSR count).